The van der Waals surface area contributed by atoms with Crippen molar-refractivity contribution < 1.29 is 19.0 Å². The summed E-state index contributed by atoms with van der Waals surface area (Å²) in [5, 5.41) is 2.66. The molecular formula is C19H18BrNO4. The van der Waals surface area contributed by atoms with Gasteiger partial charge < -0.3 is 19.5 Å². The smallest absolute Gasteiger partial charge is 0.258 e. The molecular weight excluding hydrogens is 386 g/mol. The van der Waals surface area contributed by atoms with Gasteiger partial charge >= 0.3 is 0 Å². The summed E-state index contributed by atoms with van der Waals surface area (Å²) >= 11 is 3.37. The minimum Gasteiger partial charge on any atom is -0.497 e. The molecule has 1 amide bonds. The van der Waals surface area contributed by atoms with Crippen molar-refractivity contribution in [1.29, 1.82) is 0 Å². The molecule has 2 aromatic carbocycles. The molecule has 0 aliphatic carbocycles. The lowest BCUT2D eigenvalue weighted by Crippen LogP contribution is -2.29. The maximum Gasteiger partial charge on any atom is 0.258 e. The van der Waals surface area contributed by atoms with E-state index in [9.17, 15) is 4.79 Å². The number of methoxy groups -OCH3 is 1. The molecule has 25 heavy (non-hydrogen) atoms. The van der Waals surface area contributed by atoms with Crippen molar-refractivity contribution in [2.24, 2.45) is 0 Å². The van der Waals surface area contributed by atoms with E-state index in [1.54, 1.807) is 31.4 Å². The fraction of sp³-hybridized carbons (Fsp3) is 0.211. The van der Waals surface area contributed by atoms with Crippen molar-refractivity contribution in [3.63, 3.8) is 0 Å². The SMILES string of the molecule is COc1cccc(OCC(=O)NCC#CCOc2cccc(Br)c2)c1. The normalized spacial score (nSPS) is 9.52. The van der Waals surface area contributed by atoms with E-state index >= 15 is 0 Å². The molecule has 0 atom stereocenters. The van der Waals surface area contributed by atoms with E-state index in [4.69, 9.17) is 14.2 Å². The average molecular weight is 404 g/mol. The molecule has 0 heterocycles. The molecule has 0 spiro atoms. The number of ether oxygens (including phenoxy) is 3. The van der Waals surface area contributed by atoms with Crippen LogP contribution in [-0.2, 0) is 4.79 Å². The molecule has 130 valence electrons. The lowest BCUT2D eigenvalue weighted by atomic mass is 10.3. The van der Waals surface area contributed by atoms with Crippen LogP contribution in [0, 0.1) is 11.8 Å². The van der Waals surface area contributed by atoms with Crippen molar-refractivity contribution in [3.05, 3.63) is 53.0 Å². The van der Waals surface area contributed by atoms with Gasteiger partial charge in [-0.05, 0) is 30.3 Å². The zero-order valence-electron chi connectivity index (χ0n) is 13.8. The second kappa shape index (κ2) is 10.3. The molecule has 0 fully saturated rings. The van der Waals surface area contributed by atoms with Crippen LogP contribution in [0.5, 0.6) is 17.2 Å². The minimum atomic E-state index is -0.245. The molecule has 0 aliphatic heterocycles. The molecule has 0 bridgehead atoms. The molecule has 1 N–H and O–H groups in total. The topological polar surface area (TPSA) is 56.8 Å². The third kappa shape index (κ3) is 7.19. The monoisotopic (exact) mass is 403 g/mol. The van der Waals surface area contributed by atoms with Crippen LogP contribution in [0.25, 0.3) is 0 Å². The van der Waals surface area contributed by atoms with E-state index < -0.39 is 0 Å². The van der Waals surface area contributed by atoms with Gasteiger partial charge in [-0.1, -0.05) is 39.9 Å². The Morgan fingerprint density at radius 2 is 1.76 bits per heavy atom. The van der Waals surface area contributed by atoms with Gasteiger partial charge in [0.1, 0.15) is 23.9 Å². The van der Waals surface area contributed by atoms with Gasteiger partial charge in [0.25, 0.3) is 5.91 Å². The molecule has 0 unspecified atom stereocenters. The van der Waals surface area contributed by atoms with E-state index in [-0.39, 0.29) is 25.7 Å². The maximum atomic E-state index is 11.7. The van der Waals surface area contributed by atoms with Gasteiger partial charge in [-0.25, -0.2) is 0 Å². The van der Waals surface area contributed by atoms with E-state index in [1.165, 1.54) is 0 Å². The first kappa shape index (κ1) is 18.7. The lowest BCUT2D eigenvalue weighted by Gasteiger charge is -2.07. The van der Waals surface area contributed by atoms with Crippen molar-refractivity contribution >= 4 is 21.8 Å². The molecule has 5 nitrogen and oxygen atoms in total. The van der Waals surface area contributed by atoms with Crippen molar-refractivity contribution in [3.8, 4) is 29.1 Å². The molecule has 0 radical (unpaired) electrons. The summed E-state index contributed by atoms with van der Waals surface area (Å²) < 4.78 is 16.9. The van der Waals surface area contributed by atoms with Crippen LogP contribution in [0.2, 0.25) is 0 Å². The highest BCUT2D eigenvalue weighted by molar-refractivity contribution is 9.10. The van der Waals surface area contributed by atoms with Crippen LogP contribution in [0.4, 0.5) is 0 Å². The number of carbonyl (C=O) groups excluding carboxylic acids is 1. The maximum absolute atomic E-state index is 11.7. The molecule has 0 aliphatic rings. The number of carbonyl (C=O) groups is 1. The van der Waals surface area contributed by atoms with E-state index in [2.05, 4.69) is 33.1 Å². The predicted octanol–water partition coefficient (Wildman–Crippen LogP) is 3.04. The summed E-state index contributed by atoms with van der Waals surface area (Å²) in [5.74, 6) is 7.40. The molecule has 0 saturated heterocycles. The standard InChI is InChI=1S/C19H18BrNO4/c1-23-16-7-5-9-18(13-16)25-14-19(22)21-10-2-3-11-24-17-8-4-6-15(20)12-17/h4-9,12-13H,10-11,14H2,1H3,(H,21,22). The second-order valence-electron chi connectivity index (χ2n) is 4.84. The molecule has 2 rings (SSSR count). The Kier molecular flexibility index (Phi) is 7.67. The number of nitrogens with one attached hydrogen (secondary N) is 1. The highest BCUT2D eigenvalue weighted by atomic mass is 79.9. The summed E-state index contributed by atoms with van der Waals surface area (Å²) in [6.45, 7) is 0.415. The minimum absolute atomic E-state index is 0.0800. The summed E-state index contributed by atoms with van der Waals surface area (Å²) in [4.78, 5) is 11.7. The first-order valence-corrected chi connectivity index (χ1v) is 8.34. The number of amides is 1. The lowest BCUT2D eigenvalue weighted by molar-refractivity contribution is -0.122. The number of hydrogen-bond acceptors (Lipinski definition) is 4. The van der Waals surface area contributed by atoms with Gasteiger partial charge in [-0.2, -0.15) is 0 Å². The summed E-state index contributed by atoms with van der Waals surface area (Å²) in [7, 11) is 1.57. The van der Waals surface area contributed by atoms with Crippen LogP contribution in [-0.4, -0.2) is 32.8 Å². The zero-order chi connectivity index (χ0) is 17.9. The third-order valence-electron chi connectivity index (χ3n) is 3.02. The Hall–Kier alpha value is -2.65. The molecule has 0 aromatic heterocycles. The first-order valence-electron chi connectivity index (χ1n) is 7.55. The van der Waals surface area contributed by atoms with Gasteiger partial charge in [0, 0.05) is 10.5 Å². The Balaban J connectivity index is 1.63. The fourth-order valence-corrected chi connectivity index (χ4v) is 2.20. The largest absolute Gasteiger partial charge is 0.497 e. The zero-order valence-corrected chi connectivity index (χ0v) is 15.3. The van der Waals surface area contributed by atoms with E-state index in [0.29, 0.717) is 11.5 Å². The van der Waals surface area contributed by atoms with Crippen LogP contribution >= 0.6 is 15.9 Å². The highest BCUT2D eigenvalue weighted by Gasteiger charge is 2.02. The third-order valence-corrected chi connectivity index (χ3v) is 3.51. The predicted molar refractivity (Wildman–Crippen MR) is 98.9 cm³/mol. The Labute approximate surface area is 155 Å². The van der Waals surface area contributed by atoms with Crippen molar-refractivity contribution in [2.75, 3.05) is 26.9 Å². The van der Waals surface area contributed by atoms with Crippen LogP contribution in [0.3, 0.4) is 0 Å². The van der Waals surface area contributed by atoms with Crippen molar-refractivity contribution in [1.82, 2.24) is 5.32 Å². The summed E-state index contributed by atoms with van der Waals surface area (Å²) in [6, 6.07) is 14.6. The number of rotatable bonds is 7. The van der Waals surface area contributed by atoms with Crippen molar-refractivity contribution in [2.45, 2.75) is 0 Å². The molecule has 2 aromatic rings. The number of halogens is 1. The van der Waals surface area contributed by atoms with Gasteiger partial charge in [-0.15, -0.1) is 0 Å². The molecule has 6 heteroatoms. The summed E-state index contributed by atoms with van der Waals surface area (Å²) in [5.41, 5.74) is 0. The van der Waals surface area contributed by atoms with Crippen LogP contribution < -0.4 is 19.5 Å². The highest BCUT2D eigenvalue weighted by Crippen LogP contribution is 2.18. The Bertz CT molecular complexity index is 767. The quantitative estimate of drug-likeness (QED) is 0.721. The van der Waals surface area contributed by atoms with Gasteiger partial charge in [0.05, 0.1) is 13.7 Å². The number of benzene rings is 2. The Morgan fingerprint density at radius 3 is 2.52 bits per heavy atom. The molecule has 0 saturated carbocycles. The fourth-order valence-electron chi connectivity index (χ4n) is 1.82. The first-order chi connectivity index (χ1) is 12.2. The van der Waals surface area contributed by atoms with Gasteiger partial charge in [-0.3, -0.25) is 4.79 Å². The van der Waals surface area contributed by atoms with E-state index in [0.717, 1.165) is 10.2 Å². The number of hydrogen-bond donors (Lipinski definition) is 1. The van der Waals surface area contributed by atoms with E-state index in [1.807, 2.05) is 24.3 Å². The van der Waals surface area contributed by atoms with Gasteiger partial charge in [0.15, 0.2) is 6.61 Å². The van der Waals surface area contributed by atoms with Crippen LogP contribution in [0.1, 0.15) is 0 Å². The van der Waals surface area contributed by atoms with Gasteiger partial charge in [0.2, 0.25) is 0 Å². The summed E-state index contributed by atoms with van der Waals surface area (Å²) in [6.07, 6.45) is 0. The Morgan fingerprint density at radius 1 is 1.04 bits per heavy atom. The van der Waals surface area contributed by atoms with Crippen LogP contribution in [0.15, 0.2) is 53.0 Å². The second-order valence-corrected chi connectivity index (χ2v) is 5.76. The average Bonchev–Trinajstić information content (AvgIpc) is 2.63.